The van der Waals surface area contributed by atoms with Crippen LogP contribution in [0.3, 0.4) is 0 Å². The second-order valence-corrected chi connectivity index (χ2v) is 12.8. The summed E-state index contributed by atoms with van der Waals surface area (Å²) in [7, 11) is 0. The number of amides is 3. The van der Waals surface area contributed by atoms with Gasteiger partial charge in [0.05, 0.1) is 12.6 Å². The average molecular weight is 557 g/mol. The molecule has 1 aromatic carbocycles. The number of hydrogen-bond donors (Lipinski definition) is 2. The number of rotatable bonds is 8. The first-order valence-electron chi connectivity index (χ1n) is 15.0. The van der Waals surface area contributed by atoms with Gasteiger partial charge in [-0.05, 0) is 102 Å². The number of piperidine rings is 1. The Morgan fingerprint density at radius 3 is 2.42 bits per heavy atom. The Bertz CT molecular complexity index is 1040. The van der Waals surface area contributed by atoms with Gasteiger partial charge < -0.3 is 29.9 Å². The fourth-order valence-electron chi connectivity index (χ4n) is 6.01. The van der Waals surface area contributed by atoms with E-state index in [1.54, 1.807) is 0 Å². The lowest BCUT2D eigenvalue weighted by molar-refractivity contribution is -0.132. The minimum absolute atomic E-state index is 0.0585. The Labute approximate surface area is 239 Å². The second-order valence-electron chi connectivity index (χ2n) is 12.8. The van der Waals surface area contributed by atoms with E-state index < -0.39 is 5.60 Å². The van der Waals surface area contributed by atoms with Gasteiger partial charge in [0.2, 0.25) is 5.91 Å². The van der Waals surface area contributed by atoms with E-state index in [-0.39, 0.29) is 30.0 Å². The van der Waals surface area contributed by atoms with Crippen LogP contribution in [0.5, 0.6) is 5.75 Å². The highest BCUT2D eigenvalue weighted by molar-refractivity contribution is 5.96. The molecule has 3 saturated heterocycles. The van der Waals surface area contributed by atoms with Crippen LogP contribution in [0.25, 0.3) is 0 Å². The van der Waals surface area contributed by atoms with Crippen LogP contribution >= 0.6 is 0 Å². The summed E-state index contributed by atoms with van der Waals surface area (Å²) in [4.78, 5) is 41.7. The Morgan fingerprint density at radius 1 is 1.07 bits per heavy atom. The summed E-state index contributed by atoms with van der Waals surface area (Å²) in [6.45, 7) is 14.2. The van der Waals surface area contributed by atoms with E-state index in [9.17, 15) is 14.4 Å². The number of likely N-dealkylation sites (tertiary alicyclic amines) is 2. The predicted molar refractivity (Wildman–Crippen MR) is 154 cm³/mol. The van der Waals surface area contributed by atoms with E-state index in [0.29, 0.717) is 37.0 Å². The third-order valence-electron chi connectivity index (χ3n) is 8.46. The average Bonchev–Trinajstić information content (AvgIpc) is 3.60. The fourth-order valence-corrected chi connectivity index (χ4v) is 6.01. The number of benzene rings is 1. The van der Waals surface area contributed by atoms with E-state index in [4.69, 9.17) is 9.47 Å². The van der Waals surface area contributed by atoms with E-state index in [1.165, 1.54) is 0 Å². The van der Waals surface area contributed by atoms with Crippen LogP contribution in [0, 0.1) is 18.8 Å². The Morgan fingerprint density at radius 2 is 1.77 bits per heavy atom. The zero-order valence-electron chi connectivity index (χ0n) is 25.0. The van der Waals surface area contributed by atoms with Crippen LogP contribution in [0.2, 0.25) is 0 Å². The number of aryl methyl sites for hydroxylation is 1. The van der Waals surface area contributed by atoms with Gasteiger partial charge in [-0.2, -0.15) is 0 Å². The first kappa shape index (κ1) is 30.2. The van der Waals surface area contributed by atoms with Crippen molar-refractivity contribution < 1.29 is 23.9 Å². The predicted octanol–water partition coefficient (Wildman–Crippen LogP) is 4.13. The molecule has 3 aliphatic rings. The molecule has 0 unspecified atom stereocenters. The van der Waals surface area contributed by atoms with Gasteiger partial charge in [0, 0.05) is 44.3 Å². The van der Waals surface area contributed by atoms with E-state index in [1.807, 2.05) is 55.7 Å². The summed E-state index contributed by atoms with van der Waals surface area (Å²) < 4.78 is 11.6. The molecule has 3 atom stereocenters. The Hall–Kier alpha value is -2.81. The first-order chi connectivity index (χ1) is 19.0. The van der Waals surface area contributed by atoms with Crippen LogP contribution in [0.1, 0.15) is 82.1 Å². The van der Waals surface area contributed by atoms with Crippen LogP contribution < -0.4 is 15.4 Å². The quantitative estimate of drug-likeness (QED) is 0.500. The minimum Gasteiger partial charge on any atom is -0.494 e. The lowest BCUT2D eigenvalue weighted by Crippen LogP contribution is -2.42. The fraction of sp³-hybridized carbons (Fsp3) is 0.710. The Balaban J connectivity index is 1.17. The van der Waals surface area contributed by atoms with Crippen molar-refractivity contribution in [2.45, 2.75) is 90.8 Å². The lowest BCUT2D eigenvalue weighted by Gasteiger charge is -2.35. The Kier molecular flexibility index (Phi) is 9.98. The van der Waals surface area contributed by atoms with Crippen molar-refractivity contribution in [2.24, 2.45) is 11.8 Å². The molecule has 222 valence electrons. The maximum Gasteiger partial charge on any atom is 0.410 e. The van der Waals surface area contributed by atoms with Gasteiger partial charge in [-0.3, -0.25) is 9.59 Å². The van der Waals surface area contributed by atoms with Crippen LogP contribution in [0.15, 0.2) is 18.2 Å². The maximum atomic E-state index is 13.0. The largest absolute Gasteiger partial charge is 0.494 e. The van der Waals surface area contributed by atoms with Gasteiger partial charge in [-0.1, -0.05) is 6.92 Å². The van der Waals surface area contributed by atoms with Gasteiger partial charge in [0.25, 0.3) is 5.91 Å². The molecule has 9 nitrogen and oxygen atoms in total. The molecule has 3 heterocycles. The molecule has 9 heteroatoms. The third-order valence-corrected chi connectivity index (χ3v) is 8.46. The smallest absolute Gasteiger partial charge is 0.410 e. The zero-order valence-corrected chi connectivity index (χ0v) is 25.0. The first-order valence-corrected chi connectivity index (χ1v) is 15.0. The molecule has 0 radical (unpaired) electrons. The minimum atomic E-state index is -0.468. The molecule has 3 fully saturated rings. The third kappa shape index (κ3) is 8.12. The van der Waals surface area contributed by atoms with Crippen molar-refractivity contribution in [3.63, 3.8) is 0 Å². The molecular weight excluding hydrogens is 508 g/mol. The van der Waals surface area contributed by atoms with Crippen molar-refractivity contribution in [1.82, 2.24) is 20.4 Å². The molecule has 0 saturated carbocycles. The normalized spacial score (nSPS) is 22.7. The van der Waals surface area contributed by atoms with Crippen molar-refractivity contribution in [1.29, 1.82) is 0 Å². The van der Waals surface area contributed by atoms with Crippen molar-refractivity contribution in [3.05, 3.63) is 29.3 Å². The maximum absolute atomic E-state index is 13.0. The monoisotopic (exact) mass is 556 g/mol. The molecular formula is C31H48N4O5. The SMILES string of the molecule is Cc1cc(OCC[C@@H](C)C2CCN(C(=O)OC(C)(C)C)CC2)ccc1C(=O)N[C@@H]1CN[C@H](C(=O)N2CCCC2)C1. The highest BCUT2D eigenvalue weighted by Gasteiger charge is 2.34. The zero-order chi connectivity index (χ0) is 28.9. The van der Waals surface area contributed by atoms with E-state index in [2.05, 4.69) is 17.6 Å². The molecule has 2 N–H and O–H groups in total. The van der Waals surface area contributed by atoms with E-state index >= 15 is 0 Å². The molecule has 1 aromatic rings. The van der Waals surface area contributed by atoms with Crippen molar-refractivity contribution in [3.8, 4) is 5.75 Å². The second kappa shape index (κ2) is 13.2. The van der Waals surface area contributed by atoms with E-state index in [0.717, 1.165) is 69.6 Å². The van der Waals surface area contributed by atoms with Gasteiger partial charge in [-0.15, -0.1) is 0 Å². The molecule has 0 aromatic heterocycles. The van der Waals surface area contributed by atoms with Crippen LogP contribution in [-0.4, -0.2) is 84.7 Å². The number of nitrogens with zero attached hydrogens (tertiary/aromatic N) is 2. The van der Waals surface area contributed by atoms with Gasteiger partial charge >= 0.3 is 6.09 Å². The number of carbonyl (C=O) groups is 3. The van der Waals surface area contributed by atoms with Crippen molar-refractivity contribution >= 4 is 17.9 Å². The van der Waals surface area contributed by atoms with Gasteiger partial charge in [-0.25, -0.2) is 4.79 Å². The number of ether oxygens (including phenoxy) is 2. The summed E-state index contributed by atoms with van der Waals surface area (Å²) in [5, 5.41) is 6.39. The summed E-state index contributed by atoms with van der Waals surface area (Å²) >= 11 is 0. The van der Waals surface area contributed by atoms with Crippen LogP contribution in [0.4, 0.5) is 4.79 Å². The number of carbonyl (C=O) groups excluding carboxylic acids is 3. The molecule has 0 bridgehead atoms. The van der Waals surface area contributed by atoms with Crippen molar-refractivity contribution in [2.75, 3.05) is 39.3 Å². The summed E-state index contributed by atoms with van der Waals surface area (Å²) in [6, 6.07) is 5.34. The van der Waals surface area contributed by atoms with Gasteiger partial charge in [0.1, 0.15) is 11.4 Å². The molecule has 40 heavy (non-hydrogen) atoms. The van der Waals surface area contributed by atoms with Crippen LogP contribution in [-0.2, 0) is 9.53 Å². The standard InChI is InChI=1S/C31H48N4O5/c1-21(23-10-15-35(16-11-23)30(38)40-31(3,4)5)12-17-39-25-8-9-26(22(2)18-25)28(36)33-24-19-27(32-20-24)29(37)34-13-6-7-14-34/h8-9,18,21,23-24,27,32H,6-7,10-17,19-20H2,1-5H3,(H,33,36)/t21-,24+,27+/m1/s1. The molecule has 0 spiro atoms. The summed E-state index contributed by atoms with van der Waals surface area (Å²) in [6.07, 6.45) is 5.45. The highest BCUT2D eigenvalue weighted by Crippen LogP contribution is 2.28. The number of hydrogen-bond acceptors (Lipinski definition) is 6. The molecule has 3 aliphatic heterocycles. The molecule has 0 aliphatic carbocycles. The topological polar surface area (TPSA) is 100 Å². The molecule has 4 rings (SSSR count). The highest BCUT2D eigenvalue weighted by atomic mass is 16.6. The summed E-state index contributed by atoms with van der Waals surface area (Å²) in [5.74, 6) is 1.86. The number of nitrogens with one attached hydrogen (secondary N) is 2. The molecule has 3 amide bonds. The lowest BCUT2D eigenvalue weighted by atomic mass is 9.84. The summed E-state index contributed by atoms with van der Waals surface area (Å²) in [5.41, 5.74) is 1.03. The van der Waals surface area contributed by atoms with Gasteiger partial charge in [0.15, 0.2) is 0 Å².